The maximum absolute atomic E-state index is 13.7. The molecular formula is C15H13BrFN3O. The number of benzene rings is 1. The molecule has 0 atom stereocenters. The van der Waals surface area contributed by atoms with E-state index in [9.17, 15) is 9.18 Å². The topological polar surface area (TPSA) is 57.8 Å². The van der Waals surface area contributed by atoms with Crippen LogP contribution in [0, 0.1) is 24.1 Å². The highest BCUT2D eigenvalue weighted by Gasteiger charge is 2.15. The number of hydrogen-bond donors (Lipinski definition) is 1. The van der Waals surface area contributed by atoms with E-state index in [0.717, 1.165) is 10.5 Å². The van der Waals surface area contributed by atoms with E-state index in [2.05, 4.69) is 21.2 Å². The third-order valence-electron chi connectivity index (χ3n) is 3.16. The minimum atomic E-state index is -0.517. The molecule has 1 N–H and O–H groups in total. The zero-order valence-corrected chi connectivity index (χ0v) is 13.2. The number of carbonyl (C=O) groups excluding carboxylic acids is 1. The van der Waals surface area contributed by atoms with Crippen LogP contribution in [0.3, 0.4) is 0 Å². The highest BCUT2D eigenvalue weighted by Crippen LogP contribution is 2.22. The van der Waals surface area contributed by atoms with E-state index in [1.807, 2.05) is 13.0 Å². The van der Waals surface area contributed by atoms with Crippen LogP contribution in [0.25, 0.3) is 0 Å². The minimum Gasteiger partial charge on any atom is -0.343 e. The standard InChI is InChI=1S/C15H13BrFN3O/c1-3-20-8-11(16)6-14(20)15(21)19-13-5-10(7-18)4-12(17)9(13)2/h4-6,8H,3H2,1-2H3,(H,19,21). The molecule has 0 saturated heterocycles. The van der Waals surface area contributed by atoms with Crippen LogP contribution in [0.15, 0.2) is 28.9 Å². The number of nitrogens with one attached hydrogen (secondary N) is 1. The fourth-order valence-corrected chi connectivity index (χ4v) is 2.45. The van der Waals surface area contributed by atoms with Crippen LogP contribution in [0.4, 0.5) is 10.1 Å². The number of carbonyl (C=O) groups is 1. The summed E-state index contributed by atoms with van der Waals surface area (Å²) in [5.41, 5.74) is 1.24. The molecule has 0 fully saturated rings. The summed E-state index contributed by atoms with van der Waals surface area (Å²) < 4.78 is 16.3. The lowest BCUT2D eigenvalue weighted by Crippen LogP contribution is -2.17. The number of halogens is 2. The van der Waals surface area contributed by atoms with Crippen LogP contribution >= 0.6 is 15.9 Å². The Kier molecular flexibility index (Phi) is 4.43. The maximum atomic E-state index is 13.7. The molecule has 0 bridgehead atoms. The maximum Gasteiger partial charge on any atom is 0.272 e. The fraction of sp³-hybridized carbons (Fsp3) is 0.200. The number of hydrogen-bond acceptors (Lipinski definition) is 2. The van der Waals surface area contributed by atoms with E-state index in [4.69, 9.17) is 5.26 Å². The number of anilines is 1. The number of rotatable bonds is 3. The molecule has 6 heteroatoms. The van der Waals surface area contributed by atoms with Gasteiger partial charge in [-0.15, -0.1) is 0 Å². The van der Waals surface area contributed by atoms with E-state index in [1.165, 1.54) is 6.07 Å². The Bertz CT molecular complexity index is 746. The van der Waals surface area contributed by atoms with Gasteiger partial charge in [0.2, 0.25) is 0 Å². The second-order valence-corrected chi connectivity index (χ2v) is 5.44. The van der Waals surface area contributed by atoms with Crippen molar-refractivity contribution in [3.05, 3.63) is 51.5 Å². The van der Waals surface area contributed by atoms with E-state index >= 15 is 0 Å². The largest absolute Gasteiger partial charge is 0.343 e. The van der Waals surface area contributed by atoms with Gasteiger partial charge in [-0.2, -0.15) is 5.26 Å². The van der Waals surface area contributed by atoms with Crippen LogP contribution in [-0.4, -0.2) is 10.5 Å². The van der Waals surface area contributed by atoms with Crippen molar-refractivity contribution >= 4 is 27.5 Å². The van der Waals surface area contributed by atoms with Gasteiger partial charge in [0.15, 0.2) is 0 Å². The molecule has 0 unspecified atom stereocenters. The van der Waals surface area contributed by atoms with Gasteiger partial charge < -0.3 is 9.88 Å². The molecular weight excluding hydrogens is 337 g/mol. The average molecular weight is 350 g/mol. The molecule has 0 saturated carbocycles. The van der Waals surface area contributed by atoms with Crippen LogP contribution in [-0.2, 0) is 6.54 Å². The highest BCUT2D eigenvalue weighted by molar-refractivity contribution is 9.10. The van der Waals surface area contributed by atoms with Gasteiger partial charge in [-0.05, 0) is 48.0 Å². The predicted octanol–water partition coefficient (Wildman–Crippen LogP) is 3.84. The second kappa shape index (κ2) is 6.10. The molecule has 1 aromatic carbocycles. The van der Waals surface area contributed by atoms with Crippen LogP contribution in [0.2, 0.25) is 0 Å². The Hall–Kier alpha value is -2.13. The van der Waals surface area contributed by atoms with Crippen molar-refractivity contribution in [3.8, 4) is 6.07 Å². The molecule has 2 aromatic rings. The normalized spacial score (nSPS) is 10.2. The van der Waals surface area contributed by atoms with Gasteiger partial charge in [0.05, 0.1) is 11.6 Å². The third kappa shape index (κ3) is 3.14. The van der Waals surface area contributed by atoms with Gasteiger partial charge in [0.1, 0.15) is 11.5 Å². The number of aryl methyl sites for hydroxylation is 1. The molecule has 0 radical (unpaired) electrons. The summed E-state index contributed by atoms with van der Waals surface area (Å²) in [4.78, 5) is 12.3. The van der Waals surface area contributed by atoms with Gasteiger partial charge in [0.25, 0.3) is 5.91 Å². The summed E-state index contributed by atoms with van der Waals surface area (Å²) in [5, 5.41) is 11.5. The molecule has 0 aliphatic carbocycles. The van der Waals surface area contributed by atoms with Crippen molar-refractivity contribution in [2.24, 2.45) is 0 Å². The Morgan fingerprint density at radius 1 is 1.48 bits per heavy atom. The first-order valence-corrected chi connectivity index (χ1v) is 7.12. The van der Waals surface area contributed by atoms with E-state index in [1.54, 1.807) is 23.8 Å². The molecule has 2 rings (SSSR count). The summed E-state index contributed by atoms with van der Waals surface area (Å²) in [6, 6.07) is 6.18. The van der Waals surface area contributed by atoms with Crippen molar-refractivity contribution in [1.82, 2.24) is 4.57 Å². The number of aromatic nitrogens is 1. The highest BCUT2D eigenvalue weighted by atomic mass is 79.9. The Morgan fingerprint density at radius 2 is 2.19 bits per heavy atom. The Balaban J connectivity index is 2.36. The SMILES string of the molecule is CCn1cc(Br)cc1C(=O)Nc1cc(C#N)cc(F)c1C. The van der Waals surface area contributed by atoms with Gasteiger partial charge in [-0.25, -0.2) is 4.39 Å². The van der Waals surface area contributed by atoms with Crippen molar-refractivity contribution in [2.75, 3.05) is 5.32 Å². The Morgan fingerprint density at radius 3 is 2.81 bits per heavy atom. The molecule has 0 aliphatic rings. The molecule has 108 valence electrons. The first-order valence-electron chi connectivity index (χ1n) is 6.33. The number of nitriles is 1. The van der Waals surface area contributed by atoms with Crippen molar-refractivity contribution < 1.29 is 9.18 Å². The average Bonchev–Trinajstić information content (AvgIpc) is 2.84. The van der Waals surface area contributed by atoms with E-state index in [0.29, 0.717) is 23.5 Å². The first-order chi connectivity index (χ1) is 9.96. The van der Waals surface area contributed by atoms with Gasteiger partial charge in [-0.3, -0.25) is 4.79 Å². The van der Waals surface area contributed by atoms with E-state index < -0.39 is 5.82 Å². The smallest absolute Gasteiger partial charge is 0.272 e. The molecule has 1 heterocycles. The lowest BCUT2D eigenvalue weighted by atomic mass is 10.1. The van der Waals surface area contributed by atoms with Gasteiger partial charge in [-0.1, -0.05) is 0 Å². The lowest BCUT2D eigenvalue weighted by Gasteiger charge is -2.11. The molecule has 21 heavy (non-hydrogen) atoms. The molecule has 4 nitrogen and oxygen atoms in total. The quantitative estimate of drug-likeness (QED) is 0.914. The van der Waals surface area contributed by atoms with Crippen molar-refractivity contribution in [1.29, 1.82) is 5.26 Å². The van der Waals surface area contributed by atoms with Crippen molar-refractivity contribution in [3.63, 3.8) is 0 Å². The summed E-state index contributed by atoms with van der Waals surface area (Å²) in [7, 11) is 0. The number of nitrogens with zero attached hydrogens (tertiary/aromatic N) is 2. The molecule has 0 aliphatic heterocycles. The number of amides is 1. The summed E-state index contributed by atoms with van der Waals surface area (Å²) in [6.07, 6.45) is 1.80. The molecule has 1 amide bonds. The Labute approximate surface area is 130 Å². The lowest BCUT2D eigenvalue weighted by molar-refractivity contribution is 0.101. The molecule has 1 aromatic heterocycles. The van der Waals surface area contributed by atoms with Crippen LogP contribution < -0.4 is 5.32 Å². The zero-order chi connectivity index (χ0) is 15.6. The first kappa shape index (κ1) is 15.3. The summed E-state index contributed by atoms with van der Waals surface area (Å²) >= 11 is 3.32. The van der Waals surface area contributed by atoms with E-state index in [-0.39, 0.29) is 11.5 Å². The summed E-state index contributed by atoms with van der Waals surface area (Å²) in [6.45, 7) is 4.12. The fourth-order valence-electron chi connectivity index (χ4n) is 1.99. The summed E-state index contributed by atoms with van der Waals surface area (Å²) in [5.74, 6) is -0.864. The van der Waals surface area contributed by atoms with Gasteiger partial charge >= 0.3 is 0 Å². The third-order valence-corrected chi connectivity index (χ3v) is 3.59. The minimum absolute atomic E-state index is 0.167. The second-order valence-electron chi connectivity index (χ2n) is 4.53. The van der Waals surface area contributed by atoms with Gasteiger partial charge in [0, 0.05) is 28.5 Å². The molecule has 0 spiro atoms. The van der Waals surface area contributed by atoms with Crippen LogP contribution in [0.5, 0.6) is 0 Å². The monoisotopic (exact) mass is 349 g/mol. The zero-order valence-electron chi connectivity index (χ0n) is 11.6. The van der Waals surface area contributed by atoms with Crippen molar-refractivity contribution in [2.45, 2.75) is 20.4 Å². The van der Waals surface area contributed by atoms with Crippen LogP contribution in [0.1, 0.15) is 28.5 Å². The predicted molar refractivity (Wildman–Crippen MR) is 81.6 cm³/mol.